The van der Waals surface area contributed by atoms with Crippen LogP contribution in [0.4, 0.5) is 5.69 Å². The van der Waals surface area contributed by atoms with Crippen LogP contribution in [0.15, 0.2) is 82.4 Å². The number of benzene rings is 2. The van der Waals surface area contributed by atoms with Crippen molar-refractivity contribution in [2.24, 2.45) is 19.1 Å². The van der Waals surface area contributed by atoms with Crippen LogP contribution in [0.1, 0.15) is 0 Å². The lowest BCUT2D eigenvalue weighted by molar-refractivity contribution is -0.00000664. The Bertz CT molecular complexity index is 1350. The zero-order chi connectivity index (χ0) is 22.0. The molecule has 0 aliphatic carbocycles. The van der Waals surface area contributed by atoms with E-state index in [0.29, 0.717) is 12.2 Å². The normalized spacial score (nSPS) is 11.3. The second-order valence-electron chi connectivity index (χ2n) is 7.06. The third-order valence-electron chi connectivity index (χ3n) is 5.24. The van der Waals surface area contributed by atoms with E-state index in [2.05, 4.69) is 16.5 Å². The standard InChI is InChI=1S/C24H24N4O2S.BrH/c1-5-15-28-20(17-11-13-19(30-4)14-12-17)16-31-24(28)25-21-22(18-9-7-6-8-10-18)26(2)27(3)23(21)29;/h5-14,16H,1,15H2,2-4H3;1H/p-1. The molecule has 2 heterocycles. The van der Waals surface area contributed by atoms with Crippen LogP contribution in [0.5, 0.6) is 5.75 Å². The van der Waals surface area contributed by atoms with Gasteiger partial charge in [-0.2, -0.15) is 0 Å². The van der Waals surface area contributed by atoms with Crippen LogP contribution in [-0.4, -0.2) is 21.0 Å². The molecule has 0 atom stereocenters. The molecule has 2 aromatic carbocycles. The van der Waals surface area contributed by atoms with E-state index in [1.54, 1.807) is 18.8 Å². The highest BCUT2D eigenvalue weighted by Gasteiger charge is 2.18. The van der Waals surface area contributed by atoms with Gasteiger partial charge in [0.05, 0.1) is 18.5 Å². The van der Waals surface area contributed by atoms with Gasteiger partial charge in [-0.1, -0.05) is 36.4 Å². The lowest BCUT2D eigenvalue weighted by Crippen LogP contribution is -3.00. The first kappa shape index (κ1) is 23.6. The summed E-state index contributed by atoms with van der Waals surface area (Å²) in [5.41, 5.74) is 4.09. The Labute approximate surface area is 201 Å². The second-order valence-corrected chi connectivity index (χ2v) is 7.90. The molecule has 0 fully saturated rings. The van der Waals surface area contributed by atoms with E-state index in [1.165, 1.54) is 11.3 Å². The Hall–Kier alpha value is -3.10. The molecule has 0 unspecified atom stereocenters. The van der Waals surface area contributed by atoms with Crippen LogP contribution < -0.4 is 32.1 Å². The molecule has 0 aliphatic rings. The highest BCUT2D eigenvalue weighted by molar-refractivity contribution is 7.07. The van der Waals surface area contributed by atoms with Crippen molar-refractivity contribution in [3.8, 4) is 28.3 Å². The van der Waals surface area contributed by atoms with Crippen LogP contribution in [0, 0.1) is 0 Å². The maximum absolute atomic E-state index is 13.0. The van der Waals surface area contributed by atoms with Crippen molar-refractivity contribution in [1.29, 1.82) is 0 Å². The molecule has 0 bridgehead atoms. The molecular weight excluding hydrogens is 488 g/mol. The van der Waals surface area contributed by atoms with Gasteiger partial charge in [0.1, 0.15) is 5.75 Å². The second kappa shape index (κ2) is 10.0. The van der Waals surface area contributed by atoms with E-state index in [9.17, 15) is 4.79 Å². The highest BCUT2D eigenvalue weighted by atomic mass is 79.9. The number of hydrogen-bond donors (Lipinski definition) is 0. The summed E-state index contributed by atoms with van der Waals surface area (Å²) in [4.78, 5) is 18.6. The first-order valence-corrected chi connectivity index (χ1v) is 10.7. The van der Waals surface area contributed by atoms with E-state index in [-0.39, 0.29) is 22.5 Å². The van der Waals surface area contributed by atoms with Gasteiger partial charge >= 0.3 is 0 Å². The smallest absolute Gasteiger partial charge is 0.293 e. The van der Waals surface area contributed by atoms with Crippen molar-refractivity contribution < 1.29 is 21.7 Å². The largest absolute Gasteiger partial charge is 1.00 e. The highest BCUT2D eigenvalue weighted by Crippen LogP contribution is 2.28. The summed E-state index contributed by atoms with van der Waals surface area (Å²) in [6.45, 7) is 4.48. The summed E-state index contributed by atoms with van der Waals surface area (Å²) in [6.07, 6.45) is 1.83. The number of methoxy groups -OCH3 is 1. The number of rotatable bonds is 6. The summed E-state index contributed by atoms with van der Waals surface area (Å²) in [5, 5.41) is 2.06. The number of aromatic nitrogens is 3. The summed E-state index contributed by atoms with van der Waals surface area (Å²) in [6, 6.07) is 17.8. The summed E-state index contributed by atoms with van der Waals surface area (Å²) < 4.78 is 10.8. The van der Waals surface area contributed by atoms with E-state index < -0.39 is 0 Å². The van der Waals surface area contributed by atoms with Crippen molar-refractivity contribution in [2.75, 3.05) is 7.11 Å². The molecule has 166 valence electrons. The molecule has 0 saturated heterocycles. The van der Waals surface area contributed by atoms with Crippen LogP contribution in [0.3, 0.4) is 0 Å². The molecule has 6 nitrogen and oxygen atoms in total. The zero-order valence-electron chi connectivity index (χ0n) is 18.2. The van der Waals surface area contributed by atoms with Gasteiger partial charge < -0.3 is 26.3 Å². The minimum atomic E-state index is -0.133. The Morgan fingerprint density at radius 1 is 1.03 bits per heavy atom. The summed E-state index contributed by atoms with van der Waals surface area (Å²) in [7, 11) is 5.28. The molecule has 0 N–H and O–H groups in total. The minimum absolute atomic E-state index is 0. The van der Waals surface area contributed by atoms with Crippen LogP contribution >= 0.6 is 11.3 Å². The molecule has 4 aromatic rings. The number of ether oxygens (including phenoxy) is 1. The molecule has 8 heteroatoms. The third kappa shape index (κ3) is 4.28. The lowest BCUT2D eigenvalue weighted by Gasteiger charge is -2.08. The zero-order valence-corrected chi connectivity index (χ0v) is 20.6. The number of halogens is 1. The monoisotopic (exact) mass is 511 g/mol. The quantitative estimate of drug-likeness (QED) is 0.367. The summed E-state index contributed by atoms with van der Waals surface area (Å²) >= 11 is 1.50. The molecule has 2 aromatic heterocycles. The van der Waals surface area contributed by atoms with Crippen molar-refractivity contribution >= 4 is 17.0 Å². The number of thiazole rings is 1. The van der Waals surface area contributed by atoms with Gasteiger partial charge in [0, 0.05) is 31.6 Å². The Kier molecular flexibility index (Phi) is 7.37. The number of allylic oxidation sites excluding steroid dienone is 1. The van der Waals surface area contributed by atoms with Crippen molar-refractivity contribution in [2.45, 2.75) is 6.54 Å². The summed E-state index contributed by atoms with van der Waals surface area (Å²) in [5.74, 6) is 0.805. The van der Waals surface area contributed by atoms with Crippen molar-refractivity contribution in [3.05, 3.63) is 87.8 Å². The fraction of sp³-hybridized carbons (Fsp3) is 0.167. The van der Waals surface area contributed by atoms with Gasteiger partial charge in [-0.05, 0) is 29.8 Å². The van der Waals surface area contributed by atoms with Gasteiger partial charge in [-0.25, -0.2) is 4.99 Å². The molecule has 4 rings (SSSR count). The van der Waals surface area contributed by atoms with E-state index in [0.717, 1.165) is 33.1 Å². The van der Waals surface area contributed by atoms with Crippen LogP contribution in [-0.2, 0) is 20.6 Å². The minimum Gasteiger partial charge on any atom is -1.00 e. The first-order valence-electron chi connectivity index (χ1n) is 9.85. The fourth-order valence-corrected chi connectivity index (χ4v) is 4.45. The van der Waals surface area contributed by atoms with Gasteiger partial charge in [-0.15, -0.1) is 17.9 Å². The maximum Gasteiger partial charge on any atom is 0.293 e. The Morgan fingerprint density at radius 3 is 2.34 bits per heavy atom. The average Bonchev–Trinajstić information content (AvgIpc) is 3.29. The lowest BCUT2D eigenvalue weighted by atomic mass is 10.1. The Balaban J connectivity index is 0.00000289. The predicted octanol–water partition coefficient (Wildman–Crippen LogP) is 1.35. The molecule has 0 spiro atoms. The van der Waals surface area contributed by atoms with E-state index in [1.807, 2.05) is 72.4 Å². The van der Waals surface area contributed by atoms with Gasteiger partial charge in [-0.3, -0.25) is 14.2 Å². The van der Waals surface area contributed by atoms with Gasteiger partial charge in [0.2, 0.25) is 0 Å². The van der Waals surface area contributed by atoms with Crippen LogP contribution in [0.25, 0.3) is 22.5 Å². The fourth-order valence-electron chi connectivity index (χ4n) is 3.53. The van der Waals surface area contributed by atoms with E-state index >= 15 is 0 Å². The molecule has 32 heavy (non-hydrogen) atoms. The van der Waals surface area contributed by atoms with Gasteiger partial charge in [0.25, 0.3) is 5.56 Å². The van der Waals surface area contributed by atoms with Crippen molar-refractivity contribution in [3.63, 3.8) is 0 Å². The number of hydrogen-bond acceptors (Lipinski definition) is 4. The topological polar surface area (TPSA) is 53.4 Å². The molecule has 0 amide bonds. The molecule has 0 saturated carbocycles. The van der Waals surface area contributed by atoms with Gasteiger partial charge in [0.15, 0.2) is 10.5 Å². The van der Waals surface area contributed by atoms with Crippen LogP contribution in [0.2, 0.25) is 0 Å². The van der Waals surface area contributed by atoms with Crippen molar-refractivity contribution in [1.82, 2.24) is 13.9 Å². The Morgan fingerprint density at radius 2 is 1.72 bits per heavy atom. The molecule has 0 radical (unpaired) electrons. The van der Waals surface area contributed by atoms with E-state index in [4.69, 9.17) is 9.73 Å². The first-order chi connectivity index (χ1) is 15.0. The predicted molar refractivity (Wildman–Crippen MR) is 126 cm³/mol. The molecular formula is C24H24BrN4O2S-. The third-order valence-corrected chi connectivity index (χ3v) is 6.11. The SMILES string of the molecule is C=CCn1c(-c2ccc(OC)cc2)csc1=Nc1c(-c2ccccc2)n(C)n(C)c1=O.[Br-]. The number of nitrogens with zero attached hydrogens (tertiary/aromatic N) is 4. The molecule has 0 aliphatic heterocycles. The average molecular weight is 512 g/mol. The maximum atomic E-state index is 13.0.